The van der Waals surface area contributed by atoms with Crippen molar-refractivity contribution in [1.82, 2.24) is 9.47 Å². The summed E-state index contributed by atoms with van der Waals surface area (Å²) in [5.41, 5.74) is 2.83. The molecule has 0 amide bonds. The van der Waals surface area contributed by atoms with Gasteiger partial charge in [-0.1, -0.05) is 19.1 Å². The van der Waals surface area contributed by atoms with Gasteiger partial charge in [0.25, 0.3) is 5.82 Å². The molecule has 0 saturated heterocycles. The summed E-state index contributed by atoms with van der Waals surface area (Å²) in [6, 6.07) is 8.12. The summed E-state index contributed by atoms with van der Waals surface area (Å²) in [5.74, 6) is 1.57. The predicted octanol–water partition coefficient (Wildman–Crippen LogP) is 1.97. The average Bonchev–Trinajstić information content (AvgIpc) is 2.88. The van der Waals surface area contributed by atoms with Gasteiger partial charge in [-0.15, -0.1) is 0 Å². The van der Waals surface area contributed by atoms with Crippen LogP contribution in [0.25, 0.3) is 16.6 Å². The number of rotatable bonds is 3. The summed E-state index contributed by atoms with van der Waals surface area (Å²) in [6.07, 6.45) is 0.962. The summed E-state index contributed by atoms with van der Waals surface area (Å²) in [7, 11) is 3.96. The number of amidine groups is 1. The highest BCUT2D eigenvalue weighted by atomic mass is 16.3. The number of aryl methyl sites for hydroxylation is 2. The van der Waals surface area contributed by atoms with Gasteiger partial charge in [-0.25, -0.2) is 9.13 Å². The van der Waals surface area contributed by atoms with E-state index in [1.807, 2.05) is 40.3 Å². The second-order valence-electron chi connectivity index (χ2n) is 5.52. The highest BCUT2D eigenvalue weighted by Gasteiger charge is 2.36. The van der Waals surface area contributed by atoms with Crippen molar-refractivity contribution in [3.63, 3.8) is 0 Å². The summed E-state index contributed by atoms with van der Waals surface area (Å²) in [4.78, 5) is 1.92. The number of hydrogen-bond acceptors (Lipinski definition) is 2. The van der Waals surface area contributed by atoms with Gasteiger partial charge in [0.1, 0.15) is 17.2 Å². The molecule has 0 aliphatic carbocycles. The van der Waals surface area contributed by atoms with E-state index < -0.39 is 0 Å². The standard InChI is InChI=1S/C16H20N4O/c1-4-9-20-10-13(21)14(15(20)17)16-18(2)11-7-5-6-8-12(11)19(16)3/h5-8,17H,4,9-10H2,1-3H3/p+1. The molecule has 1 aromatic carbocycles. The molecule has 5 nitrogen and oxygen atoms in total. The van der Waals surface area contributed by atoms with Gasteiger partial charge < -0.3 is 10.0 Å². The van der Waals surface area contributed by atoms with Crippen LogP contribution in [0.5, 0.6) is 0 Å². The maximum absolute atomic E-state index is 10.4. The van der Waals surface area contributed by atoms with Crippen LogP contribution in [-0.2, 0) is 14.1 Å². The number of aromatic nitrogens is 2. The molecular formula is C16H21N4O+. The number of benzene rings is 1. The minimum Gasteiger partial charge on any atom is -0.509 e. The Morgan fingerprint density at radius 3 is 2.71 bits per heavy atom. The Kier molecular flexibility index (Phi) is 3.20. The minimum atomic E-state index is 0.287. The molecule has 2 N–H and O–H groups in total. The first-order chi connectivity index (χ1) is 10.1. The third-order valence-corrected chi connectivity index (χ3v) is 4.14. The number of fused-ring (bicyclic) bond motifs is 1. The van der Waals surface area contributed by atoms with Crippen molar-refractivity contribution in [2.75, 3.05) is 13.1 Å². The first-order valence-electron chi connectivity index (χ1n) is 7.26. The molecule has 1 aliphatic rings. The number of nitrogens with one attached hydrogen (secondary N) is 1. The van der Waals surface area contributed by atoms with E-state index in [1.54, 1.807) is 0 Å². The minimum absolute atomic E-state index is 0.287. The monoisotopic (exact) mass is 285 g/mol. The van der Waals surface area contributed by atoms with Crippen LogP contribution in [0.3, 0.4) is 0 Å². The maximum Gasteiger partial charge on any atom is 0.296 e. The SMILES string of the molecule is CCCN1CC(O)=C(c2n(C)c3ccccc3[n+]2C)C1=N. The first-order valence-corrected chi connectivity index (χ1v) is 7.26. The van der Waals surface area contributed by atoms with Crippen LogP contribution in [-0.4, -0.2) is 33.5 Å². The zero-order valence-electron chi connectivity index (χ0n) is 12.7. The smallest absolute Gasteiger partial charge is 0.296 e. The molecular weight excluding hydrogens is 264 g/mol. The largest absolute Gasteiger partial charge is 0.509 e. The Morgan fingerprint density at radius 1 is 1.33 bits per heavy atom. The van der Waals surface area contributed by atoms with Gasteiger partial charge >= 0.3 is 0 Å². The molecule has 0 atom stereocenters. The van der Waals surface area contributed by atoms with Crippen LogP contribution in [0, 0.1) is 5.41 Å². The molecule has 0 unspecified atom stereocenters. The topological polar surface area (TPSA) is 56.1 Å². The van der Waals surface area contributed by atoms with Crippen molar-refractivity contribution in [1.29, 1.82) is 5.41 Å². The molecule has 1 aliphatic heterocycles. The quantitative estimate of drug-likeness (QED) is 0.847. The number of aliphatic hydroxyl groups is 1. The lowest BCUT2D eigenvalue weighted by Gasteiger charge is -2.16. The first kappa shape index (κ1) is 13.7. The Bertz CT molecular complexity index is 718. The van der Waals surface area contributed by atoms with Crippen molar-refractivity contribution < 1.29 is 9.67 Å². The molecule has 3 rings (SSSR count). The third kappa shape index (κ3) is 1.92. The van der Waals surface area contributed by atoms with Crippen LogP contribution < -0.4 is 4.57 Å². The summed E-state index contributed by atoms with van der Waals surface area (Å²) in [5, 5.41) is 18.7. The van der Waals surface area contributed by atoms with Crippen molar-refractivity contribution in [3.05, 3.63) is 35.8 Å². The van der Waals surface area contributed by atoms with E-state index >= 15 is 0 Å². The molecule has 0 radical (unpaired) electrons. The van der Waals surface area contributed by atoms with Crippen molar-refractivity contribution in [2.24, 2.45) is 14.1 Å². The zero-order valence-corrected chi connectivity index (χ0v) is 12.7. The van der Waals surface area contributed by atoms with E-state index in [9.17, 15) is 5.11 Å². The van der Waals surface area contributed by atoms with E-state index in [-0.39, 0.29) is 5.76 Å². The number of imidazole rings is 1. The molecule has 5 heteroatoms. The van der Waals surface area contributed by atoms with E-state index in [4.69, 9.17) is 5.41 Å². The fraction of sp³-hybridized carbons (Fsp3) is 0.375. The highest BCUT2D eigenvalue weighted by Crippen LogP contribution is 2.27. The van der Waals surface area contributed by atoms with Crippen molar-refractivity contribution >= 4 is 22.4 Å². The van der Waals surface area contributed by atoms with Crippen LogP contribution in [0.1, 0.15) is 19.2 Å². The number of nitrogens with zero attached hydrogens (tertiary/aromatic N) is 3. The van der Waals surface area contributed by atoms with Gasteiger partial charge in [0, 0.05) is 6.54 Å². The van der Waals surface area contributed by atoms with Crippen molar-refractivity contribution in [3.8, 4) is 0 Å². The molecule has 21 heavy (non-hydrogen) atoms. The zero-order chi connectivity index (χ0) is 15.1. The van der Waals surface area contributed by atoms with Crippen LogP contribution >= 0.6 is 0 Å². The van der Waals surface area contributed by atoms with Gasteiger partial charge in [-0.3, -0.25) is 5.41 Å². The number of para-hydroxylation sites is 2. The third-order valence-electron chi connectivity index (χ3n) is 4.14. The Morgan fingerprint density at radius 2 is 2.05 bits per heavy atom. The van der Waals surface area contributed by atoms with E-state index in [2.05, 4.69) is 19.1 Å². The molecule has 0 saturated carbocycles. The summed E-state index contributed by atoms with van der Waals surface area (Å²) >= 11 is 0. The molecule has 0 fully saturated rings. The predicted molar refractivity (Wildman–Crippen MR) is 83.2 cm³/mol. The summed E-state index contributed by atoms with van der Waals surface area (Å²) < 4.78 is 4.09. The van der Waals surface area contributed by atoms with E-state index in [0.717, 1.165) is 29.8 Å². The Hall–Kier alpha value is -2.30. The second-order valence-corrected chi connectivity index (χ2v) is 5.52. The molecule has 2 aromatic rings. The summed E-state index contributed by atoms with van der Waals surface area (Å²) in [6.45, 7) is 3.31. The van der Waals surface area contributed by atoms with Gasteiger partial charge in [0.15, 0.2) is 11.0 Å². The molecule has 0 spiro atoms. The van der Waals surface area contributed by atoms with E-state index in [0.29, 0.717) is 18.0 Å². The van der Waals surface area contributed by atoms with Gasteiger partial charge in [0.2, 0.25) is 0 Å². The lowest BCUT2D eigenvalue weighted by molar-refractivity contribution is -0.648. The van der Waals surface area contributed by atoms with Crippen LogP contribution in [0.15, 0.2) is 30.0 Å². The Labute approximate surface area is 124 Å². The average molecular weight is 285 g/mol. The number of hydrogen-bond donors (Lipinski definition) is 2. The van der Waals surface area contributed by atoms with Gasteiger partial charge in [0.05, 0.1) is 20.6 Å². The number of aliphatic hydroxyl groups excluding tert-OH is 1. The van der Waals surface area contributed by atoms with Crippen LogP contribution in [0.4, 0.5) is 0 Å². The fourth-order valence-corrected chi connectivity index (χ4v) is 3.15. The molecule has 110 valence electrons. The molecule has 0 bridgehead atoms. The molecule has 1 aromatic heterocycles. The normalized spacial score (nSPS) is 15.6. The Balaban J connectivity index is 2.17. The lowest BCUT2D eigenvalue weighted by atomic mass is 10.2. The fourth-order valence-electron chi connectivity index (χ4n) is 3.15. The van der Waals surface area contributed by atoms with Gasteiger partial charge in [-0.2, -0.15) is 0 Å². The maximum atomic E-state index is 10.4. The molecule has 2 heterocycles. The lowest BCUT2D eigenvalue weighted by Crippen LogP contribution is -2.35. The van der Waals surface area contributed by atoms with Crippen LogP contribution in [0.2, 0.25) is 0 Å². The van der Waals surface area contributed by atoms with E-state index in [1.165, 1.54) is 0 Å². The van der Waals surface area contributed by atoms with Gasteiger partial charge in [-0.05, 0) is 18.6 Å². The second kappa shape index (κ2) is 4.91. The highest BCUT2D eigenvalue weighted by molar-refractivity contribution is 6.22. The van der Waals surface area contributed by atoms with Crippen molar-refractivity contribution in [2.45, 2.75) is 13.3 Å².